The van der Waals surface area contributed by atoms with Crippen LogP contribution in [-0.4, -0.2) is 12.5 Å². The lowest BCUT2D eigenvalue weighted by Crippen LogP contribution is -2.32. The van der Waals surface area contributed by atoms with E-state index in [2.05, 4.69) is 10.7 Å². The van der Waals surface area contributed by atoms with Gasteiger partial charge in [0.25, 0.3) is 5.91 Å². The highest BCUT2D eigenvalue weighted by atomic mass is 35.5. The Kier molecular flexibility index (Phi) is 3.85. The van der Waals surface area contributed by atoms with E-state index >= 15 is 0 Å². The molecule has 0 aromatic heterocycles. The van der Waals surface area contributed by atoms with Crippen molar-refractivity contribution in [1.82, 2.24) is 5.32 Å². The van der Waals surface area contributed by atoms with Crippen LogP contribution >= 0.6 is 11.6 Å². The summed E-state index contributed by atoms with van der Waals surface area (Å²) >= 11 is 5.95. The molecule has 4 nitrogen and oxygen atoms in total. The highest BCUT2D eigenvalue weighted by Crippen LogP contribution is 2.48. The van der Waals surface area contributed by atoms with E-state index in [1.54, 1.807) is 18.2 Å². The van der Waals surface area contributed by atoms with Crippen molar-refractivity contribution in [2.45, 2.75) is 25.7 Å². The number of nitrogens with one attached hydrogen (secondary N) is 2. The van der Waals surface area contributed by atoms with Gasteiger partial charge >= 0.3 is 0 Å². The second-order valence-corrected chi connectivity index (χ2v) is 6.32. The minimum atomic E-state index is -0.105. The van der Waals surface area contributed by atoms with Gasteiger partial charge in [-0.1, -0.05) is 11.6 Å². The molecule has 2 aliphatic rings. The molecule has 0 atom stereocenters. The molecule has 4 N–H and O–H groups in total. The number of anilines is 1. The van der Waals surface area contributed by atoms with Gasteiger partial charge in [-0.2, -0.15) is 0 Å². The molecule has 5 heteroatoms. The zero-order chi connectivity index (χ0) is 14.1. The fourth-order valence-electron chi connectivity index (χ4n) is 2.90. The van der Waals surface area contributed by atoms with Gasteiger partial charge in [-0.25, -0.2) is 0 Å². The molecule has 0 heterocycles. The van der Waals surface area contributed by atoms with Gasteiger partial charge in [-0.15, -0.1) is 0 Å². The summed E-state index contributed by atoms with van der Waals surface area (Å²) in [6.45, 7) is 0.769. The quantitative estimate of drug-likeness (QED) is 0.558. The zero-order valence-electron chi connectivity index (χ0n) is 11.4. The van der Waals surface area contributed by atoms with Crippen LogP contribution in [0.3, 0.4) is 0 Å². The number of hydrazine groups is 1. The number of hydrogen-bond donors (Lipinski definition) is 3. The number of amides is 1. The van der Waals surface area contributed by atoms with Gasteiger partial charge in [-0.3, -0.25) is 10.6 Å². The Morgan fingerprint density at radius 2 is 1.95 bits per heavy atom. The first-order chi connectivity index (χ1) is 9.69. The third-order valence-corrected chi connectivity index (χ3v) is 4.57. The number of benzene rings is 1. The van der Waals surface area contributed by atoms with Crippen LogP contribution in [0.15, 0.2) is 18.2 Å². The van der Waals surface area contributed by atoms with Gasteiger partial charge in [-0.05, 0) is 61.6 Å². The van der Waals surface area contributed by atoms with Gasteiger partial charge in [0.15, 0.2) is 0 Å². The maximum absolute atomic E-state index is 12.3. The van der Waals surface area contributed by atoms with E-state index in [0.29, 0.717) is 22.2 Å². The first-order valence-corrected chi connectivity index (χ1v) is 7.61. The van der Waals surface area contributed by atoms with E-state index in [-0.39, 0.29) is 5.91 Å². The topological polar surface area (TPSA) is 67.1 Å². The minimum Gasteiger partial charge on any atom is -0.352 e. The summed E-state index contributed by atoms with van der Waals surface area (Å²) in [5, 5.41) is 3.59. The Labute approximate surface area is 124 Å². The van der Waals surface area contributed by atoms with Crippen LogP contribution in [-0.2, 0) is 0 Å². The highest BCUT2D eigenvalue weighted by Gasteiger charge is 2.41. The van der Waals surface area contributed by atoms with Crippen molar-refractivity contribution < 1.29 is 4.79 Å². The molecule has 2 fully saturated rings. The number of nitrogen functional groups attached to an aromatic ring is 1. The fraction of sp³-hybridized carbons (Fsp3) is 0.533. The zero-order valence-corrected chi connectivity index (χ0v) is 12.1. The molecule has 1 aromatic rings. The van der Waals surface area contributed by atoms with Crippen molar-refractivity contribution in [2.75, 3.05) is 12.0 Å². The third-order valence-electron chi connectivity index (χ3n) is 4.34. The van der Waals surface area contributed by atoms with Crippen LogP contribution in [0.25, 0.3) is 0 Å². The van der Waals surface area contributed by atoms with Crippen LogP contribution in [0.5, 0.6) is 0 Å². The first kappa shape index (κ1) is 13.7. The lowest BCUT2D eigenvalue weighted by Gasteiger charge is -2.17. The molecule has 0 aliphatic heterocycles. The molecule has 0 spiro atoms. The molecule has 20 heavy (non-hydrogen) atoms. The van der Waals surface area contributed by atoms with Crippen molar-refractivity contribution in [3.05, 3.63) is 28.8 Å². The van der Waals surface area contributed by atoms with E-state index in [4.69, 9.17) is 17.4 Å². The summed E-state index contributed by atoms with van der Waals surface area (Å²) in [6.07, 6.45) is 5.29. The van der Waals surface area contributed by atoms with Crippen molar-refractivity contribution in [3.8, 4) is 0 Å². The van der Waals surface area contributed by atoms with E-state index in [1.165, 1.54) is 25.7 Å². The minimum absolute atomic E-state index is 0.105. The Morgan fingerprint density at radius 1 is 1.30 bits per heavy atom. The summed E-state index contributed by atoms with van der Waals surface area (Å²) in [7, 11) is 0. The molecule has 2 saturated carbocycles. The van der Waals surface area contributed by atoms with Crippen LogP contribution in [0.1, 0.15) is 36.0 Å². The predicted octanol–water partition coefficient (Wildman–Crippen LogP) is 2.79. The summed E-state index contributed by atoms with van der Waals surface area (Å²) in [6, 6.07) is 5.08. The third kappa shape index (κ3) is 3.07. The lowest BCUT2D eigenvalue weighted by atomic mass is 9.98. The molecule has 2 aliphatic carbocycles. The highest BCUT2D eigenvalue weighted by molar-refractivity contribution is 6.31. The van der Waals surface area contributed by atoms with Crippen LogP contribution < -0.4 is 16.6 Å². The van der Waals surface area contributed by atoms with Crippen LogP contribution in [0.2, 0.25) is 5.02 Å². The average molecular weight is 294 g/mol. The maximum Gasteiger partial charge on any atom is 0.253 e. The molecule has 0 unspecified atom stereocenters. The summed E-state index contributed by atoms with van der Waals surface area (Å²) < 4.78 is 0. The lowest BCUT2D eigenvalue weighted by molar-refractivity contribution is 0.0944. The SMILES string of the molecule is NNc1ccc(Cl)cc1C(=O)NCC(C1CC1)C1CC1. The first-order valence-electron chi connectivity index (χ1n) is 7.23. The van der Waals surface area contributed by atoms with Gasteiger partial charge in [0.2, 0.25) is 0 Å². The van der Waals surface area contributed by atoms with E-state index < -0.39 is 0 Å². The monoisotopic (exact) mass is 293 g/mol. The summed E-state index contributed by atoms with van der Waals surface area (Å²) in [5.41, 5.74) is 3.65. The second kappa shape index (κ2) is 5.62. The largest absolute Gasteiger partial charge is 0.352 e. The molecule has 1 amide bonds. The predicted molar refractivity (Wildman–Crippen MR) is 80.5 cm³/mol. The standard InChI is InChI=1S/C15H20ClN3O/c16-11-5-6-14(19-17)12(7-11)15(20)18-8-13(9-1-2-9)10-3-4-10/h5-7,9-10,13,19H,1-4,8,17H2,(H,18,20). The van der Waals surface area contributed by atoms with Crippen LogP contribution in [0.4, 0.5) is 5.69 Å². The summed E-state index contributed by atoms with van der Waals surface area (Å²) in [5.74, 6) is 7.65. The van der Waals surface area contributed by atoms with E-state index in [1.807, 2.05) is 0 Å². The van der Waals surface area contributed by atoms with Crippen molar-refractivity contribution in [1.29, 1.82) is 0 Å². The van der Waals surface area contributed by atoms with Crippen molar-refractivity contribution >= 4 is 23.2 Å². The average Bonchev–Trinajstić information content (AvgIpc) is 3.31. The number of nitrogens with two attached hydrogens (primary N) is 1. The second-order valence-electron chi connectivity index (χ2n) is 5.88. The van der Waals surface area contributed by atoms with Gasteiger partial charge in [0.05, 0.1) is 11.3 Å². The number of carbonyl (C=O) groups is 1. The molecule has 3 rings (SSSR count). The Morgan fingerprint density at radius 3 is 2.50 bits per heavy atom. The van der Waals surface area contributed by atoms with Gasteiger partial charge < -0.3 is 10.7 Å². The number of rotatable bonds is 6. The molecule has 108 valence electrons. The molecule has 0 saturated heterocycles. The number of hydrogen-bond acceptors (Lipinski definition) is 3. The molecule has 1 aromatic carbocycles. The number of carbonyl (C=O) groups excluding carboxylic acids is 1. The van der Waals surface area contributed by atoms with Gasteiger partial charge in [0, 0.05) is 11.6 Å². The molecule has 0 radical (unpaired) electrons. The van der Waals surface area contributed by atoms with E-state index in [9.17, 15) is 4.79 Å². The van der Waals surface area contributed by atoms with Crippen LogP contribution in [0, 0.1) is 17.8 Å². The number of halogens is 1. The van der Waals surface area contributed by atoms with Crippen molar-refractivity contribution in [2.24, 2.45) is 23.6 Å². The molecular formula is C15H20ClN3O. The summed E-state index contributed by atoms with van der Waals surface area (Å²) in [4.78, 5) is 12.3. The van der Waals surface area contributed by atoms with E-state index in [0.717, 1.165) is 18.4 Å². The molecular weight excluding hydrogens is 274 g/mol. The smallest absolute Gasteiger partial charge is 0.253 e. The Hall–Kier alpha value is -1.26. The normalized spacial score (nSPS) is 18.1. The Balaban J connectivity index is 1.64. The maximum atomic E-state index is 12.3. The fourth-order valence-corrected chi connectivity index (χ4v) is 3.08. The van der Waals surface area contributed by atoms with Crippen molar-refractivity contribution in [3.63, 3.8) is 0 Å². The Bertz CT molecular complexity index is 500. The molecule has 0 bridgehead atoms. The van der Waals surface area contributed by atoms with Gasteiger partial charge in [0.1, 0.15) is 0 Å².